The lowest BCUT2D eigenvalue weighted by Gasteiger charge is -2.55. The molecule has 17 heavy (non-hydrogen) atoms. The van der Waals surface area contributed by atoms with E-state index in [-0.39, 0.29) is 16.4 Å². The summed E-state index contributed by atoms with van der Waals surface area (Å²) < 4.78 is 5.19. The van der Waals surface area contributed by atoms with E-state index < -0.39 is 5.91 Å². The van der Waals surface area contributed by atoms with Gasteiger partial charge in [-0.05, 0) is 11.6 Å². The summed E-state index contributed by atoms with van der Waals surface area (Å²) in [5, 5.41) is 0.0436. The van der Waals surface area contributed by atoms with Crippen LogP contribution in [0.1, 0.15) is 10.5 Å². The first-order valence-electron chi connectivity index (χ1n) is 5.25. The minimum Gasteiger partial charge on any atom is -0.380 e. The molecule has 1 spiro atoms. The summed E-state index contributed by atoms with van der Waals surface area (Å²) in [6, 6.07) is 1.57. The fraction of sp³-hybridized carbons (Fsp3) is 0.500. The molecule has 7 heteroatoms. The number of nitrogens with two attached hydrogens (primary N) is 1. The molecular weight excluding hydrogens is 244 g/mol. The molecule has 1 amide bonds. The molecule has 0 aliphatic carbocycles. The topological polar surface area (TPSA) is 81.3 Å². The van der Waals surface area contributed by atoms with E-state index in [2.05, 4.69) is 9.97 Å². The van der Waals surface area contributed by atoms with Gasteiger partial charge < -0.3 is 15.4 Å². The molecule has 2 fully saturated rings. The van der Waals surface area contributed by atoms with Gasteiger partial charge in [-0.15, -0.1) is 0 Å². The van der Waals surface area contributed by atoms with Crippen LogP contribution in [0.2, 0.25) is 5.28 Å². The Balaban J connectivity index is 1.81. The predicted octanol–water partition coefficient (Wildman–Crippen LogP) is 0.0655. The van der Waals surface area contributed by atoms with Gasteiger partial charge in [0.1, 0.15) is 11.5 Å². The normalized spacial score (nSPS) is 20.9. The fourth-order valence-corrected chi connectivity index (χ4v) is 2.37. The Bertz CT molecular complexity index is 481. The van der Waals surface area contributed by atoms with Crippen LogP contribution in [-0.2, 0) is 4.74 Å². The first-order valence-corrected chi connectivity index (χ1v) is 5.63. The molecule has 90 valence electrons. The van der Waals surface area contributed by atoms with Gasteiger partial charge in [0.15, 0.2) is 0 Å². The van der Waals surface area contributed by atoms with Crippen molar-refractivity contribution in [2.75, 3.05) is 31.2 Å². The van der Waals surface area contributed by atoms with Crippen molar-refractivity contribution in [1.82, 2.24) is 9.97 Å². The third-order valence-electron chi connectivity index (χ3n) is 3.13. The number of aromatic nitrogens is 2. The summed E-state index contributed by atoms with van der Waals surface area (Å²) in [4.78, 5) is 21.0. The van der Waals surface area contributed by atoms with Crippen molar-refractivity contribution in [3.05, 3.63) is 17.0 Å². The van der Waals surface area contributed by atoms with Crippen molar-refractivity contribution < 1.29 is 9.53 Å². The number of ether oxygens (including phenoxy) is 1. The zero-order valence-electron chi connectivity index (χ0n) is 9.02. The third kappa shape index (κ3) is 1.73. The lowest BCUT2D eigenvalue weighted by atomic mass is 9.78. The summed E-state index contributed by atoms with van der Waals surface area (Å²) in [5.41, 5.74) is 5.60. The zero-order chi connectivity index (χ0) is 12.0. The van der Waals surface area contributed by atoms with Crippen molar-refractivity contribution >= 4 is 23.3 Å². The van der Waals surface area contributed by atoms with E-state index in [1.165, 1.54) is 0 Å². The minimum atomic E-state index is -0.599. The molecule has 0 atom stereocenters. The predicted molar refractivity (Wildman–Crippen MR) is 61.0 cm³/mol. The van der Waals surface area contributed by atoms with Crippen LogP contribution in [0.5, 0.6) is 0 Å². The summed E-state index contributed by atoms with van der Waals surface area (Å²) in [6.07, 6.45) is 0. The number of nitrogens with zero attached hydrogens (tertiary/aromatic N) is 3. The number of carbonyl (C=O) groups excluding carboxylic acids is 1. The van der Waals surface area contributed by atoms with E-state index in [9.17, 15) is 4.79 Å². The van der Waals surface area contributed by atoms with Crippen LogP contribution in [0.25, 0.3) is 0 Å². The molecule has 0 bridgehead atoms. The van der Waals surface area contributed by atoms with Crippen molar-refractivity contribution in [1.29, 1.82) is 0 Å². The van der Waals surface area contributed by atoms with Crippen LogP contribution in [-0.4, -0.2) is 42.2 Å². The van der Waals surface area contributed by atoms with Crippen LogP contribution >= 0.6 is 11.6 Å². The van der Waals surface area contributed by atoms with E-state index in [0.717, 1.165) is 26.3 Å². The highest BCUT2D eigenvalue weighted by molar-refractivity contribution is 6.28. The first kappa shape index (κ1) is 10.7. The maximum atomic E-state index is 11.1. The molecule has 2 aliphatic heterocycles. The highest BCUT2D eigenvalue weighted by atomic mass is 35.5. The van der Waals surface area contributed by atoms with Gasteiger partial charge in [0, 0.05) is 19.2 Å². The smallest absolute Gasteiger partial charge is 0.267 e. The third-order valence-corrected chi connectivity index (χ3v) is 3.30. The Morgan fingerprint density at radius 2 is 2.18 bits per heavy atom. The van der Waals surface area contributed by atoms with Gasteiger partial charge >= 0.3 is 0 Å². The van der Waals surface area contributed by atoms with E-state index in [0.29, 0.717) is 5.82 Å². The lowest BCUT2D eigenvalue weighted by Crippen LogP contribution is -2.66. The second kappa shape index (κ2) is 3.54. The Morgan fingerprint density at radius 3 is 2.71 bits per heavy atom. The van der Waals surface area contributed by atoms with E-state index >= 15 is 0 Å². The average molecular weight is 255 g/mol. The van der Waals surface area contributed by atoms with Gasteiger partial charge in [0.2, 0.25) is 5.28 Å². The molecule has 2 saturated heterocycles. The maximum absolute atomic E-state index is 11.1. The Morgan fingerprint density at radius 1 is 1.47 bits per heavy atom. The molecule has 0 radical (unpaired) electrons. The summed E-state index contributed by atoms with van der Waals surface area (Å²) in [6.45, 7) is 3.34. The SMILES string of the molecule is NC(=O)c1cc(N2CC3(COC3)C2)nc(Cl)n1. The van der Waals surface area contributed by atoms with Gasteiger partial charge in [-0.25, -0.2) is 9.97 Å². The summed E-state index contributed by atoms with van der Waals surface area (Å²) >= 11 is 5.76. The van der Waals surface area contributed by atoms with Crippen LogP contribution in [0.15, 0.2) is 6.07 Å². The molecule has 1 aromatic rings. The second-order valence-corrected chi connectivity index (χ2v) is 4.93. The van der Waals surface area contributed by atoms with Crippen LogP contribution in [0, 0.1) is 5.41 Å². The average Bonchev–Trinajstić information content (AvgIpc) is 2.12. The zero-order valence-corrected chi connectivity index (χ0v) is 9.78. The fourth-order valence-electron chi connectivity index (χ4n) is 2.19. The van der Waals surface area contributed by atoms with Crippen LogP contribution in [0.3, 0.4) is 0 Å². The maximum Gasteiger partial charge on any atom is 0.267 e. The molecule has 0 saturated carbocycles. The highest BCUT2D eigenvalue weighted by Crippen LogP contribution is 2.39. The summed E-state index contributed by atoms with van der Waals surface area (Å²) in [5.74, 6) is 0.0501. The molecule has 3 heterocycles. The first-order chi connectivity index (χ1) is 8.08. The van der Waals surface area contributed by atoms with Gasteiger partial charge in [0.25, 0.3) is 5.91 Å². The number of carbonyl (C=O) groups is 1. The number of anilines is 1. The summed E-state index contributed by atoms with van der Waals surface area (Å²) in [7, 11) is 0. The van der Waals surface area contributed by atoms with Crippen LogP contribution in [0.4, 0.5) is 5.82 Å². The standard InChI is InChI=1S/C10H11ClN4O2/c11-9-13-6(8(12)16)1-7(14-9)15-2-10(3-15)4-17-5-10/h1H,2-5H2,(H2,12,16). The van der Waals surface area contributed by atoms with Crippen LogP contribution < -0.4 is 10.6 Å². The van der Waals surface area contributed by atoms with Crippen molar-refractivity contribution in [3.8, 4) is 0 Å². The number of rotatable bonds is 2. The number of primary amides is 1. The molecule has 2 aliphatic rings. The largest absolute Gasteiger partial charge is 0.380 e. The second-order valence-electron chi connectivity index (χ2n) is 4.59. The number of amides is 1. The molecular formula is C10H11ClN4O2. The number of halogens is 1. The monoisotopic (exact) mass is 254 g/mol. The molecule has 2 N–H and O–H groups in total. The Hall–Kier alpha value is -1.40. The molecule has 0 unspecified atom stereocenters. The van der Waals surface area contributed by atoms with E-state index in [1.807, 2.05) is 4.90 Å². The van der Waals surface area contributed by atoms with Gasteiger partial charge in [-0.1, -0.05) is 0 Å². The number of hydrogen-bond donors (Lipinski definition) is 1. The van der Waals surface area contributed by atoms with Gasteiger partial charge in [-0.3, -0.25) is 4.79 Å². The van der Waals surface area contributed by atoms with Crippen molar-refractivity contribution in [2.45, 2.75) is 0 Å². The highest BCUT2D eigenvalue weighted by Gasteiger charge is 2.49. The minimum absolute atomic E-state index is 0.0436. The van der Waals surface area contributed by atoms with Gasteiger partial charge in [0.05, 0.1) is 18.6 Å². The van der Waals surface area contributed by atoms with E-state index in [4.69, 9.17) is 22.1 Å². The van der Waals surface area contributed by atoms with Gasteiger partial charge in [-0.2, -0.15) is 0 Å². The molecule has 6 nitrogen and oxygen atoms in total. The Labute approximate surface area is 103 Å². The molecule has 0 aromatic carbocycles. The van der Waals surface area contributed by atoms with E-state index in [1.54, 1.807) is 6.07 Å². The molecule has 1 aromatic heterocycles. The number of hydrogen-bond acceptors (Lipinski definition) is 5. The Kier molecular flexibility index (Phi) is 2.24. The quantitative estimate of drug-likeness (QED) is 0.755. The lowest BCUT2D eigenvalue weighted by molar-refractivity contribution is -0.127. The van der Waals surface area contributed by atoms with Crippen molar-refractivity contribution in [2.24, 2.45) is 11.1 Å². The molecule has 3 rings (SSSR count). The van der Waals surface area contributed by atoms with Crippen molar-refractivity contribution in [3.63, 3.8) is 0 Å².